The zero-order valence-electron chi connectivity index (χ0n) is 12.4. The molecular formula is C15H16N6O. The van der Waals surface area contributed by atoms with Crippen LogP contribution >= 0.6 is 0 Å². The fourth-order valence-electron chi connectivity index (χ4n) is 2.26. The van der Waals surface area contributed by atoms with Gasteiger partial charge in [0.05, 0.1) is 11.7 Å². The number of hydrogen-bond donors (Lipinski definition) is 2. The fourth-order valence-corrected chi connectivity index (χ4v) is 2.26. The summed E-state index contributed by atoms with van der Waals surface area (Å²) < 4.78 is 1.55. The molecule has 2 aromatic heterocycles. The molecule has 0 saturated heterocycles. The Balaban J connectivity index is 1.64. The number of fused-ring (bicyclic) bond motifs is 1. The molecule has 0 aliphatic rings. The summed E-state index contributed by atoms with van der Waals surface area (Å²) in [5.74, 6) is -0.253. The third-order valence-corrected chi connectivity index (χ3v) is 3.30. The van der Waals surface area contributed by atoms with Crippen LogP contribution in [0.5, 0.6) is 0 Å². The number of amides is 1. The maximum Gasteiger partial charge on any atom is 0.261 e. The minimum absolute atomic E-state index is 0.0724. The molecule has 0 aliphatic carbocycles. The molecular weight excluding hydrogens is 280 g/mol. The molecule has 2 N–H and O–H groups in total. The van der Waals surface area contributed by atoms with Crippen LogP contribution in [0.3, 0.4) is 0 Å². The quantitative estimate of drug-likeness (QED) is 0.565. The Morgan fingerprint density at radius 1 is 1.41 bits per heavy atom. The van der Waals surface area contributed by atoms with Crippen LogP contribution < -0.4 is 5.43 Å². The Morgan fingerprint density at radius 3 is 3.00 bits per heavy atom. The summed E-state index contributed by atoms with van der Waals surface area (Å²) in [5, 5.41) is 11.9. The van der Waals surface area contributed by atoms with Crippen molar-refractivity contribution in [3.63, 3.8) is 0 Å². The van der Waals surface area contributed by atoms with Gasteiger partial charge in [0.2, 0.25) is 0 Å². The molecule has 1 amide bonds. The van der Waals surface area contributed by atoms with E-state index >= 15 is 0 Å². The Kier molecular flexibility index (Phi) is 3.69. The molecule has 0 fully saturated rings. The molecule has 0 radical (unpaired) electrons. The average Bonchev–Trinajstić information content (AvgIpc) is 3.03. The summed E-state index contributed by atoms with van der Waals surface area (Å²) in [7, 11) is 0. The lowest BCUT2D eigenvalue weighted by Gasteiger charge is -2.00. The number of aryl methyl sites for hydroxylation is 2. The molecule has 7 heteroatoms. The van der Waals surface area contributed by atoms with Crippen molar-refractivity contribution in [3.8, 4) is 0 Å². The number of carbonyl (C=O) groups excluding carboxylic acids is 1. The Morgan fingerprint density at radius 2 is 2.23 bits per heavy atom. The number of aromatic amines is 1. The van der Waals surface area contributed by atoms with Crippen LogP contribution in [-0.4, -0.2) is 32.1 Å². The molecule has 22 heavy (non-hydrogen) atoms. The summed E-state index contributed by atoms with van der Waals surface area (Å²) in [6.45, 7) is 4.00. The van der Waals surface area contributed by atoms with Gasteiger partial charge in [-0.3, -0.25) is 4.79 Å². The van der Waals surface area contributed by atoms with E-state index in [-0.39, 0.29) is 12.5 Å². The van der Waals surface area contributed by atoms with Gasteiger partial charge in [0.15, 0.2) is 0 Å². The van der Waals surface area contributed by atoms with Crippen molar-refractivity contribution in [1.29, 1.82) is 0 Å². The van der Waals surface area contributed by atoms with Gasteiger partial charge in [-0.05, 0) is 32.0 Å². The van der Waals surface area contributed by atoms with E-state index in [1.807, 2.05) is 44.2 Å². The predicted molar refractivity (Wildman–Crippen MR) is 83.5 cm³/mol. The number of benzene rings is 1. The van der Waals surface area contributed by atoms with Crippen LogP contribution in [0.2, 0.25) is 0 Å². The number of hydrazone groups is 1. The average molecular weight is 296 g/mol. The van der Waals surface area contributed by atoms with E-state index in [2.05, 4.69) is 25.8 Å². The SMILES string of the molecule is Cc1cc(/C=N/NC(=O)Cn2nnc3ccccc32)c(C)[nH]1. The molecule has 1 aromatic carbocycles. The lowest BCUT2D eigenvalue weighted by Crippen LogP contribution is -2.23. The normalized spacial score (nSPS) is 11.4. The van der Waals surface area contributed by atoms with Crippen LogP contribution in [0.4, 0.5) is 0 Å². The van der Waals surface area contributed by atoms with E-state index in [0.717, 1.165) is 28.0 Å². The van der Waals surface area contributed by atoms with Gasteiger partial charge in [0, 0.05) is 17.0 Å². The number of nitrogens with one attached hydrogen (secondary N) is 2. The Labute approximate surface area is 127 Å². The molecule has 3 rings (SSSR count). The smallest absolute Gasteiger partial charge is 0.261 e. The van der Waals surface area contributed by atoms with Gasteiger partial charge in [0.1, 0.15) is 12.1 Å². The van der Waals surface area contributed by atoms with Crippen LogP contribution in [0.15, 0.2) is 35.4 Å². The van der Waals surface area contributed by atoms with E-state index in [1.54, 1.807) is 10.9 Å². The van der Waals surface area contributed by atoms with Crippen LogP contribution in [-0.2, 0) is 11.3 Å². The van der Waals surface area contributed by atoms with E-state index < -0.39 is 0 Å². The van der Waals surface area contributed by atoms with Crippen molar-refractivity contribution in [2.45, 2.75) is 20.4 Å². The number of aromatic nitrogens is 4. The van der Waals surface area contributed by atoms with Crippen molar-refractivity contribution in [3.05, 3.63) is 47.3 Å². The maximum atomic E-state index is 11.9. The second-order valence-corrected chi connectivity index (χ2v) is 5.06. The summed E-state index contributed by atoms with van der Waals surface area (Å²) in [6.07, 6.45) is 1.62. The molecule has 0 bridgehead atoms. The number of rotatable bonds is 4. The molecule has 112 valence electrons. The predicted octanol–water partition coefficient (Wildman–Crippen LogP) is 1.53. The minimum Gasteiger partial charge on any atom is -0.362 e. The highest BCUT2D eigenvalue weighted by Gasteiger charge is 2.07. The fraction of sp³-hybridized carbons (Fsp3) is 0.200. The maximum absolute atomic E-state index is 11.9. The lowest BCUT2D eigenvalue weighted by molar-refractivity contribution is -0.121. The first-order valence-electron chi connectivity index (χ1n) is 6.90. The highest BCUT2D eigenvalue weighted by Crippen LogP contribution is 2.09. The number of hydrogen-bond acceptors (Lipinski definition) is 4. The lowest BCUT2D eigenvalue weighted by atomic mass is 10.3. The zero-order valence-corrected chi connectivity index (χ0v) is 12.4. The molecule has 0 saturated carbocycles. The van der Waals surface area contributed by atoms with Crippen LogP contribution in [0.25, 0.3) is 11.0 Å². The summed E-state index contributed by atoms with van der Waals surface area (Å²) in [4.78, 5) is 15.1. The number of nitrogens with zero attached hydrogens (tertiary/aromatic N) is 4. The monoisotopic (exact) mass is 296 g/mol. The van der Waals surface area contributed by atoms with Crippen molar-refractivity contribution in [1.82, 2.24) is 25.4 Å². The first kappa shape index (κ1) is 14.0. The summed E-state index contributed by atoms with van der Waals surface area (Å²) in [6, 6.07) is 9.46. The number of H-pyrrole nitrogens is 1. The van der Waals surface area contributed by atoms with E-state index in [4.69, 9.17) is 0 Å². The second-order valence-electron chi connectivity index (χ2n) is 5.06. The van der Waals surface area contributed by atoms with Crippen molar-refractivity contribution in [2.75, 3.05) is 0 Å². The van der Waals surface area contributed by atoms with Crippen molar-refractivity contribution in [2.24, 2.45) is 5.10 Å². The van der Waals surface area contributed by atoms with Gasteiger partial charge in [-0.15, -0.1) is 5.10 Å². The second kappa shape index (κ2) is 5.80. The highest BCUT2D eigenvalue weighted by molar-refractivity contribution is 5.84. The van der Waals surface area contributed by atoms with E-state index in [0.29, 0.717) is 0 Å². The number of para-hydroxylation sites is 1. The summed E-state index contributed by atoms with van der Waals surface area (Å²) in [5.41, 5.74) is 7.09. The van der Waals surface area contributed by atoms with E-state index in [1.165, 1.54) is 0 Å². The zero-order chi connectivity index (χ0) is 15.5. The molecule has 0 aliphatic heterocycles. The van der Waals surface area contributed by atoms with E-state index in [9.17, 15) is 4.79 Å². The molecule has 7 nitrogen and oxygen atoms in total. The van der Waals surface area contributed by atoms with Gasteiger partial charge in [0.25, 0.3) is 5.91 Å². The molecule has 0 atom stereocenters. The molecule has 0 spiro atoms. The first-order chi connectivity index (χ1) is 10.6. The van der Waals surface area contributed by atoms with Gasteiger partial charge in [-0.1, -0.05) is 17.3 Å². The van der Waals surface area contributed by atoms with Crippen molar-refractivity contribution >= 4 is 23.2 Å². The standard InChI is InChI=1S/C15H16N6O/c1-10-7-12(11(2)17-10)8-16-19-15(22)9-21-14-6-4-3-5-13(14)18-20-21/h3-8,17H,9H2,1-2H3,(H,19,22)/b16-8+. The van der Waals surface area contributed by atoms with Gasteiger partial charge in [-0.25, -0.2) is 10.1 Å². The first-order valence-corrected chi connectivity index (χ1v) is 6.90. The third-order valence-electron chi connectivity index (χ3n) is 3.30. The molecule has 2 heterocycles. The Bertz CT molecular complexity index is 845. The molecule has 0 unspecified atom stereocenters. The largest absolute Gasteiger partial charge is 0.362 e. The topological polar surface area (TPSA) is 88.0 Å². The Hall–Kier alpha value is -2.96. The molecule has 3 aromatic rings. The number of carbonyl (C=O) groups is 1. The van der Waals surface area contributed by atoms with Gasteiger partial charge < -0.3 is 4.98 Å². The van der Waals surface area contributed by atoms with Gasteiger partial charge in [-0.2, -0.15) is 5.10 Å². The minimum atomic E-state index is -0.253. The van der Waals surface area contributed by atoms with Crippen LogP contribution in [0, 0.1) is 13.8 Å². The third kappa shape index (κ3) is 2.88. The van der Waals surface area contributed by atoms with Crippen LogP contribution in [0.1, 0.15) is 17.0 Å². The van der Waals surface area contributed by atoms with Gasteiger partial charge >= 0.3 is 0 Å². The highest BCUT2D eigenvalue weighted by atomic mass is 16.2. The summed E-state index contributed by atoms with van der Waals surface area (Å²) >= 11 is 0. The van der Waals surface area contributed by atoms with Crippen molar-refractivity contribution < 1.29 is 4.79 Å².